The summed E-state index contributed by atoms with van der Waals surface area (Å²) in [5, 5.41) is 9.47. The Morgan fingerprint density at radius 2 is 1.52 bits per heavy atom. The van der Waals surface area contributed by atoms with Gasteiger partial charge in [-0.3, -0.25) is 0 Å². The summed E-state index contributed by atoms with van der Waals surface area (Å²) >= 11 is 5.80. The minimum Gasteiger partial charge on any atom is -0.490 e. The second-order valence-corrected chi connectivity index (χ2v) is 6.31. The molecule has 0 unspecified atom stereocenters. The molecule has 29 heavy (non-hydrogen) atoms. The van der Waals surface area contributed by atoms with E-state index in [4.69, 9.17) is 25.8 Å². The van der Waals surface area contributed by atoms with E-state index in [1.807, 2.05) is 30.3 Å². The average Bonchev–Trinajstić information content (AvgIpc) is 2.73. The fourth-order valence-corrected chi connectivity index (χ4v) is 2.64. The first-order valence-corrected chi connectivity index (χ1v) is 9.06. The van der Waals surface area contributed by atoms with Gasteiger partial charge >= 0.3 is 11.9 Å². The molecule has 148 valence electrons. The van der Waals surface area contributed by atoms with Crippen LogP contribution in [0, 0.1) is 0 Å². The number of para-hydroxylation sites is 1. The quantitative estimate of drug-likeness (QED) is 0.327. The molecule has 0 spiro atoms. The Bertz CT molecular complexity index is 1000. The first-order valence-electron chi connectivity index (χ1n) is 8.68. The molecule has 0 atom stereocenters. The molecule has 0 amide bonds. The Labute approximate surface area is 172 Å². The van der Waals surface area contributed by atoms with E-state index >= 15 is 0 Å². The lowest BCUT2D eigenvalue weighted by molar-refractivity contribution is 0.0681. The number of carboxylic acids is 1. The first kappa shape index (κ1) is 20.2. The molecule has 0 fully saturated rings. The van der Waals surface area contributed by atoms with Crippen LogP contribution >= 0.6 is 11.6 Å². The molecule has 0 aliphatic rings. The van der Waals surface area contributed by atoms with Crippen LogP contribution in [0.5, 0.6) is 17.2 Å². The lowest BCUT2D eigenvalue weighted by Gasteiger charge is -2.10. The Morgan fingerprint density at radius 3 is 2.24 bits per heavy atom. The number of halogens is 1. The zero-order chi connectivity index (χ0) is 20.6. The van der Waals surface area contributed by atoms with Crippen molar-refractivity contribution in [2.24, 2.45) is 0 Å². The van der Waals surface area contributed by atoms with Crippen LogP contribution in [-0.2, 0) is 0 Å². The van der Waals surface area contributed by atoms with E-state index < -0.39 is 11.9 Å². The second-order valence-electron chi connectivity index (χ2n) is 5.87. The van der Waals surface area contributed by atoms with E-state index in [1.165, 1.54) is 24.3 Å². The molecule has 0 radical (unpaired) electrons. The van der Waals surface area contributed by atoms with Crippen molar-refractivity contribution < 1.29 is 28.9 Å². The minimum atomic E-state index is -1.24. The number of carboxylic acid groups (broad SMARTS) is 1. The second kappa shape index (κ2) is 9.61. The van der Waals surface area contributed by atoms with Gasteiger partial charge in [0.25, 0.3) is 0 Å². The highest BCUT2D eigenvalue weighted by Gasteiger charge is 2.17. The van der Waals surface area contributed by atoms with Crippen LogP contribution in [0.25, 0.3) is 0 Å². The minimum absolute atomic E-state index is 0.0884. The van der Waals surface area contributed by atoms with Gasteiger partial charge in [0.05, 0.1) is 5.56 Å². The topological polar surface area (TPSA) is 82.1 Å². The van der Waals surface area contributed by atoms with Crippen LogP contribution in [0.3, 0.4) is 0 Å². The third kappa shape index (κ3) is 5.73. The maximum atomic E-state index is 12.4. The molecule has 0 heterocycles. The molecule has 3 rings (SSSR count). The van der Waals surface area contributed by atoms with Crippen LogP contribution in [0.2, 0.25) is 5.02 Å². The van der Waals surface area contributed by atoms with Crippen molar-refractivity contribution in [3.05, 3.63) is 88.9 Å². The molecule has 1 N–H and O–H groups in total. The summed E-state index contributed by atoms with van der Waals surface area (Å²) in [7, 11) is 0. The van der Waals surface area contributed by atoms with Gasteiger partial charge in [0.15, 0.2) is 0 Å². The summed E-state index contributed by atoms with van der Waals surface area (Å²) < 4.78 is 16.4. The largest absolute Gasteiger partial charge is 0.490 e. The van der Waals surface area contributed by atoms with Gasteiger partial charge in [-0.2, -0.15) is 0 Å². The van der Waals surface area contributed by atoms with Crippen LogP contribution in [0.15, 0.2) is 72.8 Å². The molecule has 0 aliphatic heterocycles. The van der Waals surface area contributed by atoms with Gasteiger partial charge in [-0.05, 0) is 48.5 Å². The number of carbonyl (C=O) groups excluding carboxylic acids is 1. The summed E-state index contributed by atoms with van der Waals surface area (Å²) in [6.45, 7) is 0.624. The van der Waals surface area contributed by atoms with Gasteiger partial charge in [0.1, 0.15) is 36.0 Å². The van der Waals surface area contributed by atoms with Crippen LogP contribution in [-0.4, -0.2) is 30.3 Å². The predicted octanol–water partition coefficient (Wildman–Crippen LogP) is 4.72. The molecule has 3 aromatic rings. The van der Waals surface area contributed by atoms with Crippen LogP contribution < -0.4 is 14.2 Å². The lowest BCUT2D eigenvalue weighted by atomic mass is 10.2. The van der Waals surface area contributed by atoms with Crippen molar-refractivity contribution >= 4 is 23.5 Å². The average molecular weight is 413 g/mol. The molecule has 7 heteroatoms. The summed E-state index contributed by atoms with van der Waals surface area (Å²) in [5.41, 5.74) is 0.0223. The summed E-state index contributed by atoms with van der Waals surface area (Å²) in [6.07, 6.45) is 0. The highest BCUT2D eigenvalue weighted by atomic mass is 35.5. The van der Waals surface area contributed by atoms with Gasteiger partial charge in [-0.25, -0.2) is 9.59 Å². The van der Waals surface area contributed by atoms with E-state index in [0.717, 1.165) is 5.75 Å². The number of aromatic carboxylic acids is 1. The molecule has 0 saturated heterocycles. The Balaban J connectivity index is 1.60. The maximum Gasteiger partial charge on any atom is 0.343 e. The van der Waals surface area contributed by atoms with E-state index in [9.17, 15) is 14.7 Å². The zero-order valence-electron chi connectivity index (χ0n) is 15.2. The van der Waals surface area contributed by atoms with Gasteiger partial charge in [0, 0.05) is 5.02 Å². The monoisotopic (exact) mass is 412 g/mol. The normalized spacial score (nSPS) is 10.2. The van der Waals surface area contributed by atoms with E-state index in [0.29, 0.717) is 12.4 Å². The standard InChI is InChI=1S/C22H17ClO6/c23-16-9-10-20(19(14-16)21(24)25)29-22(26)15-5-4-8-18(13-15)28-12-11-27-17-6-2-1-3-7-17/h1-10,13-14H,11-12H2,(H,24,25). The van der Waals surface area contributed by atoms with Crippen molar-refractivity contribution in [1.29, 1.82) is 0 Å². The Kier molecular flexibility index (Phi) is 6.71. The summed E-state index contributed by atoms with van der Waals surface area (Å²) in [6, 6.07) is 19.8. The van der Waals surface area contributed by atoms with Crippen molar-refractivity contribution in [2.75, 3.05) is 13.2 Å². The van der Waals surface area contributed by atoms with Crippen molar-refractivity contribution in [3.8, 4) is 17.2 Å². The number of benzene rings is 3. The number of hydrogen-bond acceptors (Lipinski definition) is 5. The van der Waals surface area contributed by atoms with Crippen LogP contribution in [0.4, 0.5) is 0 Å². The maximum absolute atomic E-state index is 12.4. The van der Waals surface area contributed by atoms with Gasteiger partial charge < -0.3 is 19.3 Å². The Morgan fingerprint density at radius 1 is 0.828 bits per heavy atom. The first-order chi connectivity index (χ1) is 14.0. The van der Waals surface area contributed by atoms with E-state index in [2.05, 4.69) is 0 Å². The Hall–Kier alpha value is -3.51. The third-order valence-electron chi connectivity index (χ3n) is 3.81. The zero-order valence-corrected chi connectivity index (χ0v) is 16.0. The van der Waals surface area contributed by atoms with Crippen molar-refractivity contribution in [3.63, 3.8) is 0 Å². The van der Waals surface area contributed by atoms with Crippen LogP contribution in [0.1, 0.15) is 20.7 Å². The lowest BCUT2D eigenvalue weighted by Crippen LogP contribution is -2.12. The number of ether oxygens (including phenoxy) is 3. The summed E-state index contributed by atoms with van der Waals surface area (Å²) in [5.74, 6) is -0.836. The van der Waals surface area contributed by atoms with E-state index in [1.54, 1.807) is 18.2 Å². The van der Waals surface area contributed by atoms with Crippen molar-refractivity contribution in [1.82, 2.24) is 0 Å². The molecule has 0 saturated carbocycles. The molecular formula is C22H17ClO6. The molecular weight excluding hydrogens is 396 g/mol. The smallest absolute Gasteiger partial charge is 0.343 e. The SMILES string of the molecule is O=C(Oc1ccc(Cl)cc1C(=O)O)c1cccc(OCCOc2ccccc2)c1. The molecule has 0 aliphatic carbocycles. The fourth-order valence-electron chi connectivity index (χ4n) is 2.47. The highest BCUT2D eigenvalue weighted by molar-refractivity contribution is 6.31. The molecule has 0 bridgehead atoms. The third-order valence-corrected chi connectivity index (χ3v) is 4.04. The van der Waals surface area contributed by atoms with Gasteiger partial charge in [0.2, 0.25) is 0 Å². The van der Waals surface area contributed by atoms with Gasteiger partial charge in [-0.1, -0.05) is 35.9 Å². The molecule has 3 aromatic carbocycles. The fraction of sp³-hybridized carbons (Fsp3) is 0.0909. The number of carbonyl (C=O) groups is 2. The molecule has 0 aromatic heterocycles. The molecule has 6 nitrogen and oxygen atoms in total. The van der Waals surface area contributed by atoms with E-state index in [-0.39, 0.29) is 28.5 Å². The van der Waals surface area contributed by atoms with Crippen molar-refractivity contribution in [2.45, 2.75) is 0 Å². The van der Waals surface area contributed by atoms with Gasteiger partial charge in [-0.15, -0.1) is 0 Å². The summed E-state index contributed by atoms with van der Waals surface area (Å²) in [4.78, 5) is 23.7. The predicted molar refractivity (Wildman–Crippen MR) is 107 cm³/mol. The number of rotatable bonds is 8. The number of hydrogen-bond donors (Lipinski definition) is 1. The highest BCUT2D eigenvalue weighted by Crippen LogP contribution is 2.24. The number of esters is 1.